The zero-order valence-corrected chi connectivity index (χ0v) is 13.8. The average Bonchev–Trinajstić information content (AvgIpc) is 2.48. The summed E-state index contributed by atoms with van der Waals surface area (Å²) in [6, 6.07) is 6.79. The van der Waals surface area contributed by atoms with Crippen LogP contribution in [0.1, 0.15) is 57.6 Å². The summed E-state index contributed by atoms with van der Waals surface area (Å²) in [5.74, 6) is 1.01. The van der Waals surface area contributed by atoms with E-state index in [1.54, 1.807) is 7.11 Å². The molecule has 1 aromatic carbocycles. The van der Waals surface area contributed by atoms with Crippen LogP contribution in [0.25, 0.3) is 0 Å². The van der Waals surface area contributed by atoms with E-state index < -0.39 is 0 Å². The molecule has 0 bridgehead atoms. The van der Waals surface area contributed by atoms with Gasteiger partial charge in [0, 0.05) is 21.8 Å². The quantitative estimate of drug-likeness (QED) is 0.814. The van der Waals surface area contributed by atoms with Crippen LogP contribution in [-0.2, 0) is 0 Å². The lowest BCUT2D eigenvalue weighted by molar-refractivity contribution is 0.400. The van der Waals surface area contributed by atoms with Crippen LogP contribution in [-0.4, -0.2) is 18.9 Å². The number of benzene rings is 1. The van der Waals surface area contributed by atoms with E-state index in [0.29, 0.717) is 6.04 Å². The highest BCUT2D eigenvalue weighted by molar-refractivity contribution is 8.00. The summed E-state index contributed by atoms with van der Waals surface area (Å²) >= 11 is 2.05. The lowest BCUT2D eigenvalue weighted by Crippen LogP contribution is -2.19. The molecule has 2 nitrogen and oxygen atoms in total. The zero-order chi connectivity index (χ0) is 14.4. The van der Waals surface area contributed by atoms with Gasteiger partial charge in [0.25, 0.3) is 0 Å². The van der Waals surface area contributed by atoms with E-state index in [-0.39, 0.29) is 0 Å². The van der Waals surface area contributed by atoms with Crippen LogP contribution in [0.3, 0.4) is 0 Å². The minimum atomic E-state index is 0.335. The SMILES string of the molecule is CCNC(C)c1c(OC)cccc1SC1CCCCC1. The number of hydrogen-bond donors (Lipinski definition) is 1. The lowest BCUT2D eigenvalue weighted by Gasteiger charge is -2.25. The van der Waals surface area contributed by atoms with E-state index in [1.165, 1.54) is 42.6 Å². The number of methoxy groups -OCH3 is 1. The third-order valence-corrected chi connectivity index (χ3v) is 5.45. The van der Waals surface area contributed by atoms with Crippen LogP contribution in [0.4, 0.5) is 0 Å². The molecule has 0 aliphatic heterocycles. The Morgan fingerprint density at radius 1 is 1.30 bits per heavy atom. The lowest BCUT2D eigenvalue weighted by atomic mass is 10.0. The van der Waals surface area contributed by atoms with Gasteiger partial charge in [-0.3, -0.25) is 0 Å². The third-order valence-electron chi connectivity index (χ3n) is 4.04. The molecule has 0 saturated heterocycles. The van der Waals surface area contributed by atoms with Crippen molar-refractivity contribution in [2.75, 3.05) is 13.7 Å². The van der Waals surface area contributed by atoms with Gasteiger partial charge in [0.05, 0.1) is 7.11 Å². The maximum absolute atomic E-state index is 5.59. The van der Waals surface area contributed by atoms with Crippen molar-refractivity contribution in [2.24, 2.45) is 0 Å². The van der Waals surface area contributed by atoms with Crippen molar-refractivity contribution in [1.29, 1.82) is 0 Å². The second kappa shape index (κ2) is 7.94. The van der Waals surface area contributed by atoms with Gasteiger partial charge >= 0.3 is 0 Å². The summed E-state index contributed by atoms with van der Waals surface area (Å²) in [6.45, 7) is 5.36. The molecular weight excluding hydrogens is 266 g/mol. The van der Waals surface area contributed by atoms with Crippen LogP contribution in [0, 0.1) is 0 Å². The molecule has 0 spiro atoms. The first-order valence-corrected chi connectivity index (χ1v) is 8.71. The highest BCUT2D eigenvalue weighted by Crippen LogP contribution is 2.40. The molecule has 1 aliphatic carbocycles. The molecule has 1 fully saturated rings. The summed E-state index contributed by atoms with van der Waals surface area (Å²) in [4.78, 5) is 1.39. The van der Waals surface area contributed by atoms with E-state index in [1.807, 2.05) is 0 Å². The third kappa shape index (κ3) is 3.92. The smallest absolute Gasteiger partial charge is 0.124 e. The molecule has 3 heteroatoms. The monoisotopic (exact) mass is 293 g/mol. The van der Waals surface area contributed by atoms with Crippen LogP contribution in [0.5, 0.6) is 5.75 Å². The minimum absolute atomic E-state index is 0.335. The van der Waals surface area contributed by atoms with E-state index in [4.69, 9.17) is 4.74 Å². The van der Waals surface area contributed by atoms with Gasteiger partial charge in [-0.2, -0.15) is 0 Å². The molecule has 1 aliphatic rings. The number of ether oxygens (including phenoxy) is 1. The Morgan fingerprint density at radius 3 is 2.70 bits per heavy atom. The number of nitrogens with one attached hydrogen (secondary N) is 1. The molecule has 1 atom stereocenters. The van der Waals surface area contributed by atoms with Gasteiger partial charge in [0.1, 0.15) is 5.75 Å². The first-order chi connectivity index (χ1) is 9.76. The Labute approximate surface area is 127 Å². The Bertz CT molecular complexity index is 415. The summed E-state index contributed by atoms with van der Waals surface area (Å²) in [7, 11) is 1.77. The predicted molar refractivity (Wildman–Crippen MR) is 87.8 cm³/mol. The van der Waals surface area contributed by atoms with Crippen molar-refractivity contribution >= 4 is 11.8 Å². The van der Waals surface area contributed by atoms with Crippen molar-refractivity contribution in [3.05, 3.63) is 23.8 Å². The van der Waals surface area contributed by atoms with Crippen LogP contribution in [0.2, 0.25) is 0 Å². The highest BCUT2D eigenvalue weighted by Gasteiger charge is 2.20. The Balaban J connectivity index is 2.21. The first kappa shape index (κ1) is 15.7. The van der Waals surface area contributed by atoms with Gasteiger partial charge < -0.3 is 10.1 Å². The number of hydrogen-bond acceptors (Lipinski definition) is 3. The van der Waals surface area contributed by atoms with E-state index >= 15 is 0 Å². The molecular formula is C17H27NOS. The van der Waals surface area contributed by atoms with Crippen molar-refractivity contribution in [1.82, 2.24) is 5.32 Å². The van der Waals surface area contributed by atoms with Gasteiger partial charge in [-0.05, 0) is 38.4 Å². The van der Waals surface area contributed by atoms with Crippen molar-refractivity contribution in [3.8, 4) is 5.75 Å². The Morgan fingerprint density at radius 2 is 2.05 bits per heavy atom. The Hall–Kier alpha value is -0.670. The van der Waals surface area contributed by atoms with Crippen LogP contribution >= 0.6 is 11.8 Å². The topological polar surface area (TPSA) is 21.3 Å². The first-order valence-electron chi connectivity index (χ1n) is 7.83. The molecule has 1 unspecified atom stereocenters. The standard InChI is InChI=1S/C17H27NOS/c1-4-18-13(2)17-15(19-3)11-8-12-16(17)20-14-9-6-5-7-10-14/h8,11-14,18H,4-7,9-10H2,1-3H3. The molecule has 20 heavy (non-hydrogen) atoms. The predicted octanol–water partition coefficient (Wildman–Crippen LogP) is 4.79. The molecule has 0 amide bonds. The number of rotatable bonds is 6. The summed E-state index contributed by atoms with van der Waals surface area (Å²) in [5, 5.41) is 4.30. The molecule has 1 saturated carbocycles. The normalized spacial score (nSPS) is 17.9. The van der Waals surface area contributed by atoms with Gasteiger partial charge in [-0.25, -0.2) is 0 Å². The minimum Gasteiger partial charge on any atom is -0.496 e. The maximum Gasteiger partial charge on any atom is 0.124 e. The zero-order valence-electron chi connectivity index (χ0n) is 12.9. The summed E-state index contributed by atoms with van der Waals surface area (Å²) in [6.07, 6.45) is 6.91. The van der Waals surface area contributed by atoms with Gasteiger partial charge in [-0.1, -0.05) is 32.3 Å². The van der Waals surface area contributed by atoms with Gasteiger partial charge in [0.15, 0.2) is 0 Å². The summed E-state index contributed by atoms with van der Waals surface area (Å²) < 4.78 is 5.59. The summed E-state index contributed by atoms with van der Waals surface area (Å²) in [5.41, 5.74) is 1.33. The second-order valence-electron chi connectivity index (χ2n) is 5.53. The number of thioether (sulfide) groups is 1. The molecule has 112 valence electrons. The Kier molecular flexibility index (Phi) is 6.24. The van der Waals surface area contributed by atoms with Crippen molar-refractivity contribution in [3.63, 3.8) is 0 Å². The maximum atomic E-state index is 5.59. The van der Waals surface area contributed by atoms with E-state index in [2.05, 4.69) is 49.1 Å². The molecule has 0 aromatic heterocycles. The molecule has 2 rings (SSSR count). The fraction of sp³-hybridized carbons (Fsp3) is 0.647. The van der Waals surface area contributed by atoms with Crippen LogP contribution in [0.15, 0.2) is 23.1 Å². The van der Waals surface area contributed by atoms with E-state index in [9.17, 15) is 0 Å². The van der Waals surface area contributed by atoms with Crippen molar-refractivity contribution < 1.29 is 4.74 Å². The second-order valence-corrected chi connectivity index (χ2v) is 6.87. The molecule has 0 radical (unpaired) electrons. The van der Waals surface area contributed by atoms with Gasteiger partial charge in [-0.15, -0.1) is 11.8 Å². The largest absolute Gasteiger partial charge is 0.496 e. The van der Waals surface area contributed by atoms with E-state index in [0.717, 1.165) is 17.5 Å². The van der Waals surface area contributed by atoms with Crippen LogP contribution < -0.4 is 10.1 Å². The average molecular weight is 293 g/mol. The van der Waals surface area contributed by atoms with Gasteiger partial charge in [0.2, 0.25) is 0 Å². The highest BCUT2D eigenvalue weighted by atomic mass is 32.2. The molecule has 1 aromatic rings. The molecule has 0 heterocycles. The fourth-order valence-corrected chi connectivity index (χ4v) is 4.49. The van der Waals surface area contributed by atoms with Crippen molar-refractivity contribution in [2.45, 2.75) is 62.1 Å². The fourth-order valence-electron chi connectivity index (χ4n) is 3.00. The molecule has 1 N–H and O–H groups in total.